The Morgan fingerprint density at radius 2 is 1.91 bits per heavy atom. The molecule has 5 unspecified atom stereocenters. The number of nitrogens with one attached hydrogen (secondary N) is 1. The van der Waals surface area contributed by atoms with E-state index in [9.17, 15) is 23.6 Å². The van der Waals surface area contributed by atoms with Gasteiger partial charge in [-0.2, -0.15) is 13.6 Å². The van der Waals surface area contributed by atoms with Crippen molar-refractivity contribution in [2.24, 2.45) is 0 Å². The van der Waals surface area contributed by atoms with Crippen molar-refractivity contribution in [3.8, 4) is 0 Å². The van der Waals surface area contributed by atoms with E-state index in [1.165, 1.54) is 10.8 Å². The number of hydrogen-bond acceptors (Lipinski definition) is 14. The van der Waals surface area contributed by atoms with E-state index in [2.05, 4.69) is 28.1 Å². The summed E-state index contributed by atoms with van der Waals surface area (Å²) >= 11 is 0. The zero-order chi connectivity index (χ0) is 24.4. The van der Waals surface area contributed by atoms with Crippen LogP contribution >= 0.6 is 23.5 Å². The number of hydrogen-bond donors (Lipinski definition) is 4. The largest absolute Gasteiger partial charge is 0.492 e. The lowest BCUT2D eigenvalue weighted by Crippen LogP contribution is -2.31. The van der Waals surface area contributed by atoms with Gasteiger partial charge in [-0.25, -0.2) is 24.0 Å². The van der Waals surface area contributed by atoms with E-state index in [1.807, 2.05) is 0 Å². The van der Waals surface area contributed by atoms with E-state index in [4.69, 9.17) is 23.9 Å². The summed E-state index contributed by atoms with van der Waals surface area (Å²) in [6.07, 6.45) is -1.32. The van der Waals surface area contributed by atoms with Crippen molar-refractivity contribution in [1.29, 1.82) is 0 Å². The van der Waals surface area contributed by atoms with Gasteiger partial charge < -0.3 is 19.6 Å². The van der Waals surface area contributed by atoms with E-state index in [1.54, 1.807) is 0 Å². The molecule has 33 heavy (non-hydrogen) atoms. The second-order valence-corrected chi connectivity index (χ2v) is 11.7. The number of rotatable bonds is 10. The highest BCUT2D eigenvalue weighted by Crippen LogP contribution is 2.70. The van der Waals surface area contributed by atoms with Gasteiger partial charge in [0.2, 0.25) is 0 Å². The quantitative estimate of drug-likeness (QED) is 0.297. The van der Waals surface area contributed by atoms with Crippen LogP contribution in [0.15, 0.2) is 11.0 Å². The lowest BCUT2D eigenvalue weighted by atomic mass is 10.2. The SMILES string of the molecule is COP(=O)(OCC1OC(n2cc3c(nc2=O)NOCC3)CC1O)OP(=O)(OC)OP(=O)(O)O. The minimum Gasteiger partial charge on any atom is -0.390 e. The first kappa shape index (κ1) is 26.6. The summed E-state index contributed by atoms with van der Waals surface area (Å²) in [4.78, 5) is 38.8. The van der Waals surface area contributed by atoms with Crippen LogP contribution in [0.3, 0.4) is 0 Å². The molecule has 0 radical (unpaired) electrons. The standard InChI is InChI=1S/C13H22N3O14P3/c1-24-32(22,30-33(23,25-2)29-31(19,20)21)27-7-10-9(17)5-11(28-10)16-6-8-3-4-26-15-12(8)14-13(16)18/h6,9-11,17H,3-5,7H2,1-2H3,(H,14,15,18)(H2,19,20,21). The number of phosphoric ester groups is 1. The van der Waals surface area contributed by atoms with Crippen LogP contribution in [0.2, 0.25) is 0 Å². The molecule has 2 aliphatic rings. The van der Waals surface area contributed by atoms with Gasteiger partial charge in [0.15, 0.2) is 5.82 Å². The molecule has 1 saturated heterocycles. The number of nitrogens with zero attached hydrogens (tertiary/aromatic N) is 2. The molecular formula is C13H22N3O14P3. The maximum Gasteiger partial charge on any atom is 0.492 e. The Kier molecular flexibility index (Phi) is 8.29. The molecule has 3 heterocycles. The Morgan fingerprint density at radius 1 is 1.21 bits per heavy atom. The minimum absolute atomic E-state index is 0.0473. The van der Waals surface area contributed by atoms with Crippen molar-refractivity contribution >= 4 is 29.3 Å². The molecule has 0 aromatic carbocycles. The average molecular weight is 537 g/mol. The lowest BCUT2D eigenvalue weighted by Gasteiger charge is -2.23. The molecule has 0 spiro atoms. The first-order valence-electron chi connectivity index (χ1n) is 9.14. The van der Waals surface area contributed by atoms with Gasteiger partial charge in [0.05, 0.1) is 19.3 Å². The van der Waals surface area contributed by atoms with Gasteiger partial charge in [-0.15, -0.1) is 0 Å². The molecule has 0 aliphatic carbocycles. The molecular weight excluding hydrogens is 515 g/mol. The summed E-state index contributed by atoms with van der Waals surface area (Å²) in [5.74, 6) is 0.277. The van der Waals surface area contributed by atoms with Crippen LogP contribution < -0.4 is 11.2 Å². The second-order valence-electron chi connectivity index (χ2n) is 6.65. The number of aliphatic hydroxyl groups excluding tert-OH is 1. The number of anilines is 1. The van der Waals surface area contributed by atoms with Crippen LogP contribution in [-0.4, -0.2) is 64.1 Å². The minimum atomic E-state index is -5.37. The van der Waals surface area contributed by atoms with Crippen molar-refractivity contribution in [3.63, 3.8) is 0 Å². The van der Waals surface area contributed by atoms with Gasteiger partial charge in [0.25, 0.3) is 0 Å². The predicted molar refractivity (Wildman–Crippen MR) is 106 cm³/mol. The van der Waals surface area contributed by atoms with E-state index in [-0.39, 0.29) is 12.2 Å². The molecule has 17 nitrogen and oxygen atoms in total. The fourth-order valence-corrected chi connectivity index (χ4v) is 6.74. The van der Waals surface area contributed by atoms with Crippen molar-refractivity contribution in [2.75, 3.05) is 32.9 Å². The second kappa shape index (κ2) is 10.3. The molecule has 2 aliphatic heterocycles. The summed E-state index contributed by atoms with van der Waals surface area (Å²) in [6.45, 7) is -0.286. The van der Waals surface area contributed by atoms with Gasteiger partial charge in [0, 0.05) is 38.8 Å². The van der Waals surface area contributed by atoms with Crippen molar-refractivity contribution in [3.05, 3.63) is 22.2 Å². The zero-order valence-corrected chi connectivity index (χ0v) is 19.9. The van der Waals surface area contributed by atoms with Gasteiger partial charge in [0.1, 0.15) is 12.3 Å². The summed E-state index contributed by atoms with van der Waals surface area (Å²) in [5.41, 5.74) is 2.55. The summed E-state index contributed by atoms with van der Waals surface area (Å²) in [7, 11) is -13.6. The Balaban J connectivity index is 1.68. The number of aliphatic hydroxyl groups is 1. The van der Waals surface area contributed by atoms with Crippen LogP contribution in [0, 0.1) is 0 Å². The average Bonchev–Trinajstić information content (AvgIpc) is 3.10. The van der Waals surface area contributed by atoms with E-state index >= 15 is 0 Å². The molecule has 0 bridgehead atoms. The van der Waals surface area contributed by atoms with Crippen LogP contribution in [0.1, 0.15) is 18.2 Å². The maximum absolute atomic E-state index is 12.6. The molecule has 1 fully saturated rings. The van der Waals surface area contributed by atoms with Crippen LogP contribution in [0.25, 0.3) is 0 Å². The van der Waals surface area contributed by atoms with E-state index in [0.29, 0.717) is 18.6 Å². The molecule has 0 amide bonds. The van der Waals surface area contributed by atoms with Gasteiger partial charge >= 0.3 is 29.2 Å². The monoisotopic (exact) mass is 537 g/mol. The Hall–Kier alpha value is -1.03. The van der Waals surface area contributed by atoms with Gasteiger partial charge in [-0.3, -0.25) is 23.0 Å². The Bertz CT molecular complexity index is 1060. The molecule has 0 saturated carbocycles. The summed E-state index contributed by atoms with van der Waals surface area (Å²) in [6, 6.07) is 0. The highest BCUT2D eigenvalue weighted by atomic mass is 31.3. The highest BCUT2D eigenvalue weighted by molar-refractivity contribution is 7.67. The van der Waals surface area contributed by atoms with E-state index < -0.39 is 54.2 Å². The molecule has 1 aromatic heterocycles. The topological polar surface area (TPSA) is 223 Å². The van der Waals surface area contributed by atoms with Crippen molar-refractivity contribution < 1.29 is 60.4 Å². The molecule has 4 N–H and O–H groups in total. The molecule has 20 heteroatoms. The normalized spacial score (nSPS) is 26.8. The lowest BCUT2D eigenvalue weighted by molar-refractivity contribution is -0.0458. The van der Waals surface area contributed by atoms with Crippen LogP contribution in [0.5, 0.6) is 0 Å². The van der Waals surface area contributed by atoms with Gasteiger partial charge in [-0.1, -0.05) is 0 Å². The third-order valence-electron chi connectivity index (χ3n) is 4.43. The molecule has 3 rings (SSSR count). The highest BCUT2D eigenvalue weighted by Gasteiger charge is 2.45. The predicted octanol–water partition coefficient (Wildman–Crippen LogP) is 0.443. The third kappa shape index (κ3) is 6.77. The van der Waals surface area contributed by atoms with Crippen LogP contribution in [-0.2, 0) is 51.9 Å². The number of phosphoric acid groups is 3. The fraction of sp³-hybridized carbons (Fsp3) is 0.692. The van der Waals surface area contributed by atoms with E-state index in [0.717, 1.165) is 14.2 Å². The Labute approximate surface area is 186 Å². The van der Waals surface area contributed by atoms with Crippen molar-refractivity contribution in [2.45, 2.75) is 31.3 Å². The maximum atomic E-state index is 12.6. The smallest absolute Gasteiger partial charge is 0.390 e. The Morgan fingerprint density at radius 3 is 2.55 bits per heavy atom. The first-order chi connectivity index (χ1) is 15.4. The fourth-order valence-electron chi connectivity index (χ4n) is 2.91. The zero-order valence-electron chi connectivity index (χ0n) is 17.2. The molecule has 1 aromatic rings. The summed E-state index contributed by atoms with van der Waals surface area (Å²) < 4.78 is 64.7. The number of fused-ring (bicyclic) bond motifs is 1. The first-order valence-corrected chi connectivity index (χ1v) is 13.6. The number of ether oxygens (including phenoxy) is 1. The van der Waals surface area contributed by atoms with Gasteiger partial charge in [-0.05, 0) is 0 Å². The van der Waals surface area contributed by atoms with Crippen molar-refractivity contribution in [1.82, 2.24) is 9.55 Å². The molecule has 188 valence electrons. The van der Waals surface area contributed by atoms with Crippen LogP contribution in [0.4, 0.5) is 5.82 Å². The number of aromatic nitrogens is 2. The molecule has 5 atom stereocenters. The summed E-state index contributed by atoms with van der Waals surface area (Å²) in [5, 5.41) is 10.3. The third-order valence-corrected chi connectivity index (χ3v) is 9.05.